The maximum atomic E-state index is 12.3. The number of ether oxygens (including phenoxy) is 1. The highest BCUT2D eigenvalue weighted by atomic mass is 32.2. The number of sulfonamides is 1. The molecule has 1 fully saturated rings. The molecule has 2 unspecified atom stereocenters. The maximum Gasteiger partial charge on any atom is 0.241 e. The van der Waals surface area contributed by atoms with E-state index in [1.54, 1.807) is 13.0 Å². The number of hydrogen-bond donors (Lipinski definition) is 3. The van der Waals surface area contributed by atoms with Gasteiger partial charge >= 0.3 is 0 Å². The molecule has 0 amide bonds. The number of hydrogen-bond acceptors (Lipinski definition) is 6. The summed E-state index contributed by atoms with van der Waals surface area (Å²) >= 11 is 0. The molecular formula is C13H17N3O4S. The van der Waals surface area contributed by atoms with Crippen LogP contribution in [0.1, 0.15) is 18.9 Å². The van der Waals surface area contributed by atoms with Crippen molar-refractivity contribution < 1.29 is 18.3 Å². The summed E-state index contributed by atoms with van der Waals surface area (Å²) < 4.78 is 32.1. The Morgan fingerprint density at radius 1 is 1.62 bits per heavy atom. The van der Waals surface area contributed by atoms with Gasteiger partial charge in [-0.25, -0.2) is 13.1 Å². The number of benzene rings is 1. The Hall–Kier alpha value is -1.66. The molecule has 114 valence electrons. The van der Waals surface area contributed by atoms with Gasteiger partial charge in [0.1, 0.15) is 11.7 Å². The zero-order valence-electron chi connectivity index (χ0n) is 11.5. The summed E-state index contributed by atoms with van der Waals surface area (Å²) in [5, 5.41) is 19.3. The van der Waals surface area contributed by atoms with E-state index >= 15 is 0 Å². The Labute approximate surface area is 123 Å². The van der Waals surface area contributed by atoms with Gasteiger partial charge in [0.25, 0.3) is 0 Å². The van der Waals surface area contributed by atoms with Crippen molar-refractivity contribution in [3.63, 3.8) is 0 Å². The number of nitrogen functional groups attached to an aromatic ring is 1. The normalized spacial score (nSPS) is 25.7. The Morgan fingerprint density at radius 2 is 2.33 bits per heavy atom. The van der Waals surface area contributed by atoms with Crippen molar-refractivity contribution in [2.75, 3.05) is 18.9 Å². The number of nitrogens with two attached hydrogens (primary N) is 1. The Morgan fingerprint density at radius 3 is 2.90 bits per heavy atom. The van der Waals surface area contributed by atoms with Crippen LogP contribution < -0.4 is 10.5 Å². The fraction of sp³-hybridized carbons (Fsp3) is 0.462. The van der Waals surface area contributed by atoms with E-state index < -0.39 is 21.7 Å². The van der Waals surface area contributed by atoms with Crippen molar-refractivity contribution >= 4 is 15.7 Å². The van der Waals surface area contributed by atoms with Crippen LogP contribution in [0, 0.1) is 11.3 Å². The minimum absolute atomic E-state index is 0.0368. The molecule has 1 aliphatic heterocycles. The molecule has 1 aromatic carbocycles. The summed E-state index contributed by atoms with van der Waals surface area (Å²) in [6, 6.07) is 5.78. The highest BCUT2D eigenvalue weighted by molar-refractivity contribution is 7.89. The molecule has 4 N–H and O–H groups in total. The van der Waals surface area contributed by atoms with Crippen molar-refractivity contribution in [3.05, 3.63) is 23.8 Å². The lowest BCUT2D eigenvalue weighted by molar-refractivity contribution is -0.0228. The van der Waals surface area contributed by atoms with Gasteiger partial charge in [0.05, 0.1) is 16.6 Å². The number of rotatable bonds is 4. The van der Waals surface area contributed by atoms with Crippen LogP contribution in [0.5, 0.6) is 0 Å². The first-order valence-electron chi connectivity index (χ1n) is 6.42. The van der Waals surface area contributed by atoms with E-state index in [2.05, 4.69) is 4.72 Å². The molecule has 8 heteroatoms. The first-order valence-corrected chi connectivity index (χ1v) is 7.90. The van der Waals surface area contributed by atoms with E-state index in [9.17, 15) is 13.5 Å². The van der Waals surface area contributed by atoms with Crippen molar-refractivity contribution in [2.24, 2.45) is 0 Å². The van der Waals surface area contributed by atoms with Crippen LogP contribution >= 0.6 is 0 Å². The molecule has 2 atom stereocenters. The second kappa shape index (κ2) is 5.61. The predicted molar refractivity (Wildman–Crippen MR) is 75.7 cm³/mol. The molecule has 0 saturated carbocycles. The van der Waals surface area contributed by atoms with Gasteiger partial charge in [0.2, 0.25) is 10.0 Å². The quantitative estimate of drug-likeness (QED) is 0.670. The summed E-state index contributed by atoms with van der Waals surface area (Å²) in [6.45, 7) is 1.89. The fourth-order valence-electron chi connectivity index (χ4n) is 2.17. The van der Waals surface area contributed by atoms with Crippen LogP contribution in [0.25, 0.3) is 0 Å². The minimum Gasteiger partial charge on any atom is -0.399 e. The zero-order chi connectivity index (χ0) is 15.7. The lowest BCUT2D eigenvalue weighted by Gasteiger charge is -2.26. The van der Waals surface area contributed by atoms with Crippen molar-refractivity contribution in [2.45, 2.75) is 29.9 Å². The van der Waals surface area contributed by atoms with Crippen LogP contribution in [0.15, 0.2) is 23.1 Å². The third-order valence-corrected chi connectivity index (χ3v) is 5.10. The van der Waals surface area contributed by atoms with E-state index in [4.69, 9.17) is 15.7 Å². The van der Waals surface area contributed by atoms with E-state index in [1.165, 1.54) is 18.2 Å². The third-order valence-electron chi connectivity index (χ3n) is 3.64. The molecule has 21 heavy (non-hydrogen) atoms. The molecule has 2 rings (SSSR count). The number of nitriles is 1. The van der Waals surface area contributed by atoms with Crippen molar-refractivity contribution in [1.82, 2.24) is 4.72 Å². The summed E-state index contributed by atoms with van der Waals surface area (Å²) in [4.78, 5) is -0.158. The molecule has 1 aromatic rings. The molecule has 0 spiro atoms. The number of anilines is 1. The Bertz CT molecular complexity index is 683. The summed E-state index contributed by atoms with van der Waals surface area (Å²) in [6.07, 6.45) is -0.106. The van der Waals surface area contributed by atoms with Gasteiger partial charge < -0.3 is 15.6 Å². The van der Waals surface area contributed by atoms with E-state index in [0.29, 0.717) is 18.7 Å². The highest BCUT2D eigenvalue weighted by Crippen LogP contribution is 2.26. The third kappa shape index (κ3) is 3.16. The monoisotopic (exact) mass is 311 g/mol. The van der Waals surface area contributed by atoms with Gasteiger partial charge in [-0.15, -0.1) is 0 Å². The summed E-state index contributed by atoms with van der Waals surface area (Å²) in [5.74, 6) is 0. The van der Waals surface area contributed by atoms with Crippen LogP contribution in [0.2, 0.25) is 0 Å². The Kier molecular flexibility index (Phi) is 4.20. The minimum atomic E-state index is -3.91. The van der Waals surface area contributed by atoms with Crippen molar-refractivity contribution in [3.8, 4) is 6.07 Å². The van der Waals surface area contributed by atoms with Gasteiger partial charge in [0.15, 0.2) is 0 Å². The number of nitrogens with zero attached hydrogens (tertiary/aromatic N) is 1. The molecule has 1 aliphatic rings. The van der Waals surface area contributed by atoms with Gasteiger partial charge in [-0.3, -0.25) is 0 Å². The average molecular weight is 311 g/mol. The lowest BCUT2D eigenvalue weighted by Crippen LogP contribution is -2.47. The predicted octanol–water partition coefficient (Wildman–Crippen LogP) is -0.0413. The highest BCUT2D eigenvalue weighted by Gasteiger charge is 2.40. The summed E-state index contributed by atoms with van der Waals surface area (Å²) in [5.41, 5.74) is 4.56. The molecule has 0 bridgehead atoms. The van der Waals surface area contributed by atoms with Crippen LogP contribution in [-0.2, 0) is 14.8 Å². The van der Waals surface area contributed by atoms with Crippen LogP contribution in [0.4, 0.5) is 5.69 Å². The van der Waals surface area contributed by atoms with E-state index in [1.807, 2.05) is 0 Å². The summed E-state index contributed by atoms with van der Waals surface area (Å²) in [7, 11) is -3.91. The molecule has 0 aromatic heterocycles. The van der Waals surface area contributed by atoms with Gasteiger partial charge in [0, 0.05) is 25.3 Å². The molecule has 7 nitrogen and oxygen atoms in total. The van der Waals surface area contributed by atoms with E-state index in [-0.39, 0.29) is 17.0 Å². The number of aliphatic hydroxyl groups is 1. The SMILES string of the molecule is CC1OCCC1(O)CNS(=O)(=O)c1ccc(N)cc1C#N. The smallest absolute Gasteiger partial charge is 0.241 e. The molecule has 0 aliphatic carbocycles. The standard InChI is InChI=1S/C13H17N3O4S/c1-9-13(17,4-5-20-9)8-16-21(18,19)12-3-2-11(15)6-10(12)7-14/h2-3,6,9,16-17H,4-5,8,15H2,1H3. The lowest BCUT2D eigenvalue weighted by atomic mass is 9.97. The van der Waals surface area contributed by atoms with Crippen molar-refractivity contribution in [1.29, 1.82) is 5.26 Å². The topological polar surface area (TPSA) is 125 Å². The Balaban J connectivity index is 2.22. The fourth-order valence-corrected chi connectivity index (χ4v) is 3.41. The second-order valence-electron chi connectivity index (χ2n) is 5.06. The van der Waals surface area contributed by atoms with Crippen LogP contribution in [0.3, 0.4) is 0 Å². The maximum absolute atomic E-state index is 12.3. The molecular weight excluding hydrogens is 294 g/mol. The molecule has 1 heterocycles. The first kappa shape index (κ1) is 15.7. The molecule has 0 radical (unpaired) electrons. The van der Waals surface area contributed by atoms with Gasteiger partial charge in [-0.05, 0) is 25.1 Å². The second-order valence-corrected chi connectivity index (χ2v) is 6.79. The number of nitrogens with one attached hydrogen (secondary N) is 1. The molecule has 1 saturated heterocycles. The van der Waals surface area contributed by atoms with Gasteiger partial charge in [-0.2, -0.15) is 5.26 Å². The first-order chi connectivity index (χ1) is 9.78. The van der Waals surface area contributed by atoms with Crippen LogP contribution in [-0.4, -0.2) is 38.4 Å². The zero-order valence-corrected chi connectivity index (χ0v) is 12.4. The average Bonchev–Trinajstić information content (AvgIpc) is 2.77. The van der Waals surface area contributed by atoms with Gasteiger partial charge in [-0.1, -0.05) is 0 Å². The largest absolute Gasteiger partial charge is 0.399 e. The van der Waals surface area contributed by atoms with E-state index in [0.717, 1.165) is 0 Å².